The van der Waals surface area contributed by atoms with E-state index in [9.17, 15) is 8.42 Å². The minimum Gasteiger partial charge on any atom is -0.487 e. The first kappa shape index (κ1) is 25.2. The molecule has 3 aromatic carbocycles. The maximum Gasteiger partial charge on any atom is 0.339 e. The highest BCUT2D eigenvalue weighted by atomic mass is 32.2. The molecule has 0 atom stereocenters. The highest BCUT2D eigenvalue weighted by Gasteiger charge is 2.27. The normalized spacial score (nSPS) is 15.6. The summed E-state index contributed by atoms with van der Waals surface area (Å²) >= 11 is 0. The van der Waals surface area contributed by atoms with Crippen LogP contribution in [0.5, 0.6) is 17.2 Å². The summed E-state index contributed by atoms with van der Waals surface area (Å²) in [6.07, 6.45) is 9.02. The van der Waals surface area contributed by atoms with Gasteiger partial charge in [-0.15, -0.1) is 0 Å². The number of benzene rings is 3. The van der Waals surface area contributed by atoms with Gasteiger partial charge in [0.2, 0.25) is 0 Å². The van der Waals surface area contributed by atoms with Crippen molar-refractivity contribution in [3.63, 3.8) is 0 Å². The molecule has 0 unspecified atom stereocenters. The standard InChI is InChI=1S/C31H32O5S/c1-5-6-7-22-10-14-26(29(18-22)36-37(32,33)25-12-8-21(2)9-13-25)24-19-23-11-15-28-27(30(23)34-20-24)16-17-31(3,4)35-28/h8-19H,5-7,20H2,1-4H3. The average Bonchev–Trinajstić information content (AvgIpc) is 2.86. The molecule has 0 amide bonds. The van der Waals surface area contributed by atoms with E-state index < -0.39 is 10.1 Å². The van der Waals surface area contributed by atoms with E-state index in [1.807, 2.05) is 69.3 Å². The summed E-state index contributed by atoms with van der Waals surface area (Å²) < 4.78 is 44.5. The molecule has 2 aliphatic rings. The molecule has 0 N–H and O–H groups in total. The lowest BCUT2D eigenvalue weighted by atomic mass is 9.94. The molecular formula is C31H32O5S. The first-order chi connectivity index (χ1) is 17.6. The van der Waals surface area contributed by atoms with Crippen LogP contribution < -0.4 is 13.7 Å². The molecule has 0 spiro atoms. The second-order valence-corrected chi connectivity index (χ2v) is 11.7. The minimum absolute atomic E-state index is 0.128. The maximum absolute atomic E-state index is 13.2. The molecule has 0 saturated heterocycles. The Balaban J connectivity index is 1.54. The Hall–Kier alpha value is -3.51. The van der Waals surface area contributed by atoms with Crippen molar-refractivity contribution in [1.82, 2.24) is 0 Å². The third-order valence-corrected chi connectivity index (χ3v) is 7.88. The van der Waals surface area contributed by atoms with Crippen LogP contribution >= 0.6 is 0 Å². The smallest absolute Gasteiger partial charge is 0.339 e. The van der Waals surface area contributed by atoms with Gasteiger partial charge in [0, 0.05) is 16.7 Å². The highest BCUT2D eigenvalue weighted by molar-refractivity contribution is 7.87. The Morgan fingerprint density at radius 2 is 1.81 bits per heavy atom. The lowest BCUT2D eigenvalue weighted by molar-refractivity contribution is 0.158. The first-order valence-corrected chi connectivity index (χ1v) is 14.1. The topological polar surface area (TPSA) is 61.8 Å². The van der Waals surface area contributed by atoms with Crippen molar-refractivity contribution >= 4 is 27.8 Å². The van der Waals surface area contributed by atoms with E-state index in [4.69, 9.17) is 13.7 Å². The van der Waals surface area contributed by atoms with Crippen LogP contribution in [0.15, 0.2) is 65.6 Å². The Kier molecular flexibility index (Phi) is 6.63. The van der Waals surface area contributed by atoms with Crippen LogP contribution in [0.2, 0.25) is 0 Å². The van der Waals surface area contributed by atoms with E-state index in [1.54, 1.807) is 24.3 Å². The molecule has 3 aromatic rings. The molecule has 0 saturated carbocycles. The zero-order valence-corrected chi connectivity index (χ0v) is 22.5. The van der Waals surface area contributed by atoms with Gasteiger partial charge in [0.05, 0.1) is 5.56 Å². The number of rotatable bonds is 7. The van der Waals surface area contributed by atoms with Gasteiger partial charge < -0.3 is 13.7 Å². The van der Waals surface area contributed by atoms with Gasteiger partial charge in [-0.3, -0.25) is 0 Å². The van der Waals surface area contributed by atoms with E-state index in [2.05, 4.69) is 6.92 Å². The summed E-state index contributed by atoms with van der Waals surface area (Å²) in [4.78, 5) is 0.128. The van der Waals surface area contributed by atoms with Gasteiger partial charge in [-0.1, -0.05) is 43.2 Å². The van der Waals surface area contributed by atoms with E-state index >= 15 is 0 Å². The molecule has 2 aliphatic heterocycles. The van der Waals surface area contributed by atoms with Crippen LogP contribution in [-0.4, -0.2) is 20.6 Å². The summed E-state index contributed by atoms with van der Waals surface area (Å²) in [7, 11) is -4.01. The molecule has 37 heavy (non-hydrogen) atoms. The van der Waals surface area contributed by atoms with Crippen molar-refractivity contribution < 1.29 is 22.1 Å². The molecule has 5 nitrogen and oxygen atoms in total. The van der Waals surface area contributed by atoms with Crippen LogP contribution in [0.4, 0.5) is 0 Å². The monoisotopic (exact) mass is 516 g/mol. The molecule has 5 rings (SSSR count). The summed E-state index contributed by atoms with van der Waals surface area (Å²) in [5.41, 5.74) is 5.03. The van der Waals surface area contributed by atoms with Gasteiger partial charge in [0.15, 0.2) is 5.75 Å². The van der Waals surface area contributed by atoms with Crippen LogP contribution in [0, 0.1) is 6.92 Å². The van der Waals surface area contributed by atoms with Crippen LogP contribution in [0.3, 0.4) is 0 Å². The van der Waals surface area contributed by atoms with Crippen molar-refractivity contribution in [2.45, 2.75) is 57.5 Å². The molecular weight excluding hydrogens is 484 g/mol. The third kappa shape index (κ3) is 5.30. The van der Waals surface area contributed by atoms with E-state index in [1.165, 1.54) is 0 Å². The maximum atomic E-state index is 13.2. The second-order valence-electron chi connectivity index (χ2n) is 10.2. The van der Waals surface area contributed by atoms with Crippen LogP contribution in [0.1, 0.15) is 61.4 Å². The lowest BCUT2D eigenvalue weighted by Crippen LogP contribution is -2.27. The first-order valence-electron chi connectivity index (χ1n) is 12.7. The number of unbranched alkanes of at least 4 members (excludes halogenated alkanes) is 1. The van der Waals surface area contributed by atoms with E-state index in [0.717, 1.165) is 58.6 Å². The molecule has 6 heteroatoms. The Morgan fingerprint density at radius 3 is 2.57 bits per heavy atom. The predicted molar refractivity (Wildman–Crippen MR) is 148 cm³/mol. The number of ether oxygens (including phenoxy) is 2. The highest BCUT2D eigenvalue weighted by Crippen LogP contribution is 2.43. The van der Waals surface area contributed by atoms with E-state index in [-0.39, 0.29) is 17.1 Å². The summed E-state index contributed by atoms with van der Waals surface area (Å²) in [6.45, 7) is 8.37. The fourth-order valence-corrected chi connectivity index (χ4v) is 5.50. The molecule has 0 bridgehead atoms. The lowest BCUT2D eigenvalue weighted by Gasteiger charge is -2.30. The quantitative estimate of drug-likeness (QED) is 0.310. The second kappa shape index (κ2) is 9.75. The zero-order chi connectivity index (χ0) is 26.2. The van der Waals surface area contributed by atoms with Crippen molar-refractivity contribution in [2.75, 3.05) is 6.61 Å². The van der Waals surface area contributed by atoms with Gasteiger partial charge in [0.25, 0.3) is 0 Å². The fourth-order valence-electron chi connectivity index (χ4n) is 4.56. The predicted octanol–water partition coefficient (Wildman–Crippen LogP) is 7.22. The molecule has 0 radical (unpaired) electrons. The van der Waals surface area contributed by atoms with Crippen molar-refractivity contribution in [3.05, 3.63) is 88.5 Å². The number of aryl methyl sites for hydroxylation is 2. The Bertz CT molecular complexity index is 1500. The summed E-state index contributed by atoms with van der Waals surface area (Å²) in [5.74, 6) is 1.87. The Morgan fingerprint density at radius 1 is 1.03 bits per heavy atom. The van der Waals surface area contributed by atoms with Gasteiger partial charge in [-0.25, -0.2) is 0 Å². The third-order valence-electron chi connectivity index (χ3n) is 6.63. The zero-order valence-electron chi connectivity index (χ0n) is 21.7. The molecule has 0 aromatic heterocycles. The average molecular weight is 517 g/mol. The van der Waals surface area contributed by atoms with E-state index in [0.29, 0.717) is 11.3 Å². The largest absolute Gasteiger partial charge is 0.487 e. The number of hydrogen-bond donors (Lipinski definition) is 0. The van der Waals surface area contributed by atoms with Gasteiger partial charge >= 0.3 is 10.1 Å². The van der Waals surface area contributed by atoms with Crippen molar-refractivity contribution in [1.29, 1.82) is 0 Å². The fraction of sp³-hybridized carbons (Fsp3) is 0.290. The van der Waals surface area contributed by atoms with Gasteiger partial charge in [0.1, 0.15) is 28.6 Å². The minimum atomic E-state index is -4.01. The number of hydrogen-bond acceptors (Lipinski definition) is 5. The van der Waals surface area contributed by atoms with Gasteiger partial charge in [-0.05, 0) is 87.7 Å². The van der Waals surface area contributed by atoms with Gasteiger partial charge in [-0.2, -0.15) is 8.42 Å². The van der Waals surface area contributed by atoms with Crippen LogP contribution in [0.25, 0.3) is 17.7 Å². The molecule has 0 aliphatic carbocycles. The summed E-state index contributed by atoms with van der Waals surface area (Å²) in [5, 5.41) is 0. The Labute approximate surface area is 219 Å². The molecule has 0 fully saturated rings. The SMILES string of the molecule is CCCCc1ccc(C2=Cc3ccc4c(c3OC2)C=CC(C)(C)O4)c(OS(=O)(=O)c2ccc(C)cc2)c1. The summed E-state index contributed by atoms with van der Waals surface area (Å²) in [6, 6.07) is 16.4. The molecule has 2 heterocycles. The van der Waals surface area contributed by atoms with Crippen LogP contribution in [-0.2, 0) is 16.5 Å². The van der Waals surface area contributed by atoms with Crippen molar-refractivity contribution in [3.8, 4) is 17.2 Å². The molecule has 192 valence electrons. The number of fused-ring (bicyclic) bond motifs is 3. The van der Waals surface area contributed by atoms with Crippen molar-refractivity contribution in [2.24, 2.45) is 0 Å².